The van der Waals surface area contributed by atoms with Crippen molar-refractivity contribution in [3.63, 3.8) is 0 Å². The third-order valence-electron chi connectivity index (χ3n) is 8.92. The summed E-state index contributed by atoms with van der Waals surface area (Å²) < 4.78 is 0. The van der Waals surface area contributed by atoms with Crippen LogP contribution in [-0.4, -0.2) is 19.9 Å². The molecule has 0 saturated carbocycles. The van der Waals surface area contributed by atoms with Gasteiger partial charge in [-0.05, 0) is 50.5 Å². The highest BCUT2D eigenvalue weighted by Crippen LogP contribution is 2.35. The monoisotopic (exact) mass is 612 g/mol. The predicted octanol–water partition coefficient (Wildman–Crippen LogP) is 11.1. The molecule has 0 bridgehead atoms. The van der Waals surface area contributed by atoms with E-state index in [0.29, 0.717) is 17.5 Å². The lowest BCUT2D eigenvalue weighted by Gasteiger charge is -2.13. The minimum atomic E-state index is 0.542. The van der Waals surface area contributed by atoms with Gasteiger partial charge in [0.1, 0.15) is 5.69 Å². The Morgan fingerprint density at radius 3 is 1.25 bits per heavy atom. The fourth-order valence-corrected chi connectivity index (χ4v) is 6.44. The van der Waals surface area contributed by atoms with Crippen molar-refractivity contribution in [2.75, 3.05) is 0 Å². The van der Waals surface area contributed by atoms with E-state index in [1.54, 1.807) is 0 Å². The Morgan fingerprint density at radius 2 is 0.688 bits per heavy atom. The minimum absolute atomic E-state index is 0.542. The molecular formula is C44H28N4. The minimum Gasteiger partial charge on any atom is -0.244 e. The van der Waals surface area contributed by atoms with Crippen molar-refractivity contribution in [3.8, 4) is 56.5 Å². The molecule has 0 radical (unpaired) electrons. The van der Waals surface area contributed by atoms with Gasteiger partial charge in [0.25, 0.3) is 0 Å². The van der Waals surface area contributed by atoms with E-state index in [0.717, 1.165) is 55.0 Å². The molecule has 0 atom stereocenters. The molecule has 0 aliphatic rings. The summed E-state index contributed by atoms with van der Waals surface area (Å²) in [7, 11) is 0. The lowest BCUT2D eigenvalue weighted by Crippen LogP contribution is -2.02. The van der Waals surface area contributed by atoms with Gasteiger partial charge >= 0.3 is 0 Å². The Morgan fingerprint density at radius 1 is 0.271 bits per heavy atom. The first kappa shape index (κ1) is 27.8. The summed E-state index contributed by atoms with van der Waals surface area (Å²) in [4.78, 5) is 20.5. The number of hydrogen-bond donors (Lipinski definition) is 0. The van der Waals surface area contributed by atoms with Gasteiger partial charge in [0.05, 0.1) is 5.52 Å². The summed E-state index contributed by atoms with van der Waals surface area (Å²) in [6, 6.07) is 58.8. The molecule has 0 aliphatic heterocycles. The summed E-state index contributed by atoms with van der Waals surface area (Å²) in [6.07, 6.45) is 0. The summed E-state index contributed by atoms with van der Waals surface area (Å²) in [6.45, 7) is 0. The number of aromatic nitrogens is 4. The van der Waals surface area contributed by atoms with Gasteiger partial charge in [-0.2, -0.15) is 0 Å². The smallest absolute Gasteiger partial charge is 0.183 e. The molecule has 0 amide bonds. The Kier molecular flexibility index (Phi) is 6.76. The van der Waals surface area contributed by atoms with Gasteiger partial charge in [0.15, 0.2) is 17.5 Å². The molecule has 48 heavy (non-hydrogen) atoms. The maximum atomic E-state index is 5.25. The maximum Gasteiger partial charge on any atom is 0.183 e. The maximum absolute atomic E-state index is 5.25. The first-order valence-corrected chi connectivity index (χ1v) is 16.1. The van der Waals surface area contributed by atoms with Crippen molar-refractivity contribution < 1.29 is 0 Å². The molecule has 0 saturated heterocycles. The van der Waals surface area contributed by atoms with Crippen molar-refractivity contribution in [1.29, 1.82) is 0 Å². The molecule has 224 valence electrons. The van der Waals surface area contributed by atoms with Gasteiger partial charge < -0.3 is 0 Å². The second-order valence-corrected chi connectivity index (χ2v) is 11.9. The Hall–Kier alpha value is -6.52. The summed E-state index contributed by atoms with van der Waals surface area (Å²) in [5.74, 6) is 1.75. The first-order valence-electron chi connectivity index (χ1n) is 16.1. The van der Waals surface area contributed by atoms with E-state index < -0.39 is 0 Å². The molecule has 2 heterocycles. The van der Waals surface area contributed by atoms with E-state index in [9.17, 15) is 0 Å². The van der Waals surface area contributed by atoms with Crippen molar-refractivity contribution in [2.45, 2.75) is 0 Å². The molecule has 4 heteroatoms. The van der Waals surface area contributed by atoms with Crippen LogP contribution in [-0.2, 0) is 0 Å². The highest BCUT2D eigenvalue weighted by atomic mass is 15.0. The van der Waals surface area contributed by atoms with E-state index in [1.807, 2.05) is 18.2 Å². The first-order chi connectivity index (χ1) is 23.8. The van der Waals surface area contributed by atoms with Crippen LogP contribution in [0.5, 0.6) is 0 Å². The average Bonchev–Trinajstić information content (AvgIpc) is 3.17. The Balaban J connectivity index is 1.24. The van der Waals surface area contributed by atoms with Crippen molar-refractivity contribution in [3.05, 3.63) is 170 Å². The second-order valence-electron chi connectivity index (χ2n) is 11.9. The van der Waals surface area contributed by atoms with E-state index in [-0.39, 0.29) is 0 Å². The molecule has 9 rings (SSSR count). The van der Waals surface area contributed by atoms with Crippen LogP contribution >= 0.6 is 0 Å². The standard InChI is InChI=1S/C44H28N4/c1-3-11-29(12-4-1)31-19-23-33(24-20-31)42-46-43(34-25-21-32(22-26-34)30-13-5-2-6-14-30)48-44(47-42)41-38-18-10-9-17-37(38)39-27-35-15-7-8-16-36(35)28-40(39)45-41/h1-28H. The average molecular weight is 613 g/mol. The van der Waals surface area contributed by atoms with Crippen LogP contribution in [0.25, 0.3) is 89.0 Å². The van der Waals surface area contributed by atoms with Crippen LogP contribution in [0.1, 0.15) is 0 Å². The highest BCUT2D eigenvalue weighted by Gasteiger charge is 2.18. The van der Waals surface area contributed by atoms with Crippen LogP contribution in [0, 0.1) is 0 Å². The number of rotatable bonds is 5. The van der Waals surface area contributed by atoms with Crippen molar-refractivity contribution in [1.82, 2.24) is 19.9 Å². The molecule has 4 nitrogen and oxygen atoms in total. The van der Waals surface area contributed by atoms with Crippen molar-refractivity contribution in [2.24, 2.45) is 0 Å². The highest BCUT2D eigenvalue weighted by molar-refractivity contribution is 6.13. The number of fused-ring (bicyclic) bond motifs is 4. The third kappa shape index (κ3) is 5.06. The van der Waals surface area contributed by atoms with Gasteiger partial charge in [-0.15, -0.1) is 0 Å². The fourth-order valence-electron chi connectivity index (χ4n) is 6.44. The zero-order chi connectivity index (χ0) is 31.9. The Bertz CT molecular complexity index is 2480. The zero-order valence-electron chi connectivity index (χ0n) is 26.0. The van der Waals surface area contributed by atoms with Gasteiger partial charge in [-0.3, -0.25) is 0 Å². The molecule has 0 unspecified atom stereocenters. The van der Waals surface area contributed by atoms with Gasteiger partial charge in [0, 0.05) is 21.9 Å². The lowest BCUT2D eigenvalue weighted by atomic mass is 10.00. The SMILES string of the molecule is c1ccc(-c2ccc(-c3nc(-c4ccc(-c5ccccc5)cc4)nc(-c4nc5cc6ccccc6cc5c5ccccc45)n3)cc2)cc1. The number of nitrogens with zero attached hydrogens (tertiary/aromatic N) is 4. The van der Waals surface area contributed by atoms with Crippen LogP contribution in [0.2, 0.25) is 0 Å². The van der Waals surface area contributed by atoms with Crippen LogP contribution in [0.4, 0.5) is 0 Å². The Labute approximate surface area is 278 Å². The molecule has 0 aliphatic carbocycles. The molecule has 0 spiro atoms. The second kappa shape index (κ2) is 11.7. The van der Waals surface area contributed by atoms with Crippen LogP contribution in [0.3, 0.4) is 0 Å². The van der Waals surface area contributed by atoms with Crippen molar-refractivity contribution >= 4 is 32.4 Å². The van der Waals surface area contributed by atoms with Gasteiger partial charge in [0.2, 0.25) is 0 Å². The van der Waals surface area contributed by atoms with E-state index in [2.05, 4.69) is 152 Å². The van der Waals surface area contributed by atoms with Crippen LogP contribution < -0.4 is 0 Å². The summed E-state index contributed by atoms with van der Waals surface area (Å²) >= 11 is 0. The normalized spacial score (nSPS) is 11.3. The molecule has 0 N–H and O–H groups in total. The van der Waals surface area contributed by atoms with E-state index in [1.165, 1.54) is 16.5 Å². The van der Waals surface area contributed by atoms with E-state index in [4.69, 9.17) is 19.9 Å². The number of benzene rings is 7. The quantitative estimate of drug-likeness (QED) is 0.143. The third-order valence-corrected chi connectivity index (χ3v) is 8.92. The molecule has 9 aromatic rings. The largest absolute Gasteiger partial charge is 0.244 e. The van der Waals surface area contributed by atoms with Gasteiger partial charge in [-0.25, -0.2) is 19.9 Å². The molecular weight excluding hydrogens is 585 g/mol. The molecule has 0 fully saturated rings. The predicted molar refractivity (Wildman–Crippen MR) is 197 cm³/mol. The number of pyridine rings is 1. The zero-order valence-corrected chi connectivity index (χ0v) is 26.0. The fraction of sp³-hybridized carbons (Fsp3) is 0. The molecule has 7 aromatic carbocycles. The summed E-state index contributed by atoms with van der Waals surface area (Å²) in [5.41, 5.74) is 8.08. The molecule has 2 aromatic heterocycles. The van der Waals surface area contributed by atoms with Crippen LogP contribution in [0.15, 0.2) is 170 Å². The van der Waals surface area contributed by atoms with E-state index >= 15 is 0 Å². The summed E-state index contributed by atoms with van der Waals surface area (Å²) in [5, 5.41) is 5.56. The lowest BCUT2D eigenvalue weighted by molar-refractivity contribution is 1.07. The van der Waals surface area contributed by atoms with Gasteiger partial charge in [-0.1, -0.05) is 158 Å². The number of hydrogen-bond acceptors (Lipinski definition) is 4. The topological polar surface area (TPSA) is 51.6 Å².